The number of carbonyl (C=O) groups excluding carboxylic acids is 2. The zero-order valence-corrected chi connectivity index (χ0v) is 20.8. The number of hydrogen-bond acceptors (Lipinski definition) is 7. The van der Waals surface area contributed by atoms with Crippen LogP contribution in [0, 0.1) is 0 Å². The number of sulfonamides is 1. The molecule has 0 saturated heterocycles. The van der Waals surface area contributed by atoms with Gasteiger partial charge in [0.15, 0.2) is 5.03 Å². The van der Waals surface area contributed by atoms with Crippen LogP contribution in [0.1, 0.15) is 33.6 Å². The summed E-state index contributed by atoms with van der Waals surface area (Å²) in [6.07, 6.45) is 4.21. The molecule has 0 radical (unpaired) electrons. The maximum absolute atomic E-state index is 13.0. The van der Waals surface area contributed by atoms with Crippen LogP contribution in [-0.2, 0) is 41.1 Å². The van der Waals surface area contributed by atoms with Crippen molar-refractivity contribution in [2.24, 2.45) is 7.05 Å². The van der Waals surface area contributed by atoms with Crippen molar-refractivity contribution in [1.82, 2.24) is 24.4 Å². The first-order chi connectivity index (χ1) is 16.6. The summed E-state index contributed by atoms with van der Waals surface area (Å²) >= 11 is 0. The molecule has 1 aromatic carbocycles. The summed E-state index contributed by atoms with van der Waals surface area (Å²) in [5.74, 6) is -0.636. The third-order valence-corrected chi connectivity index (χ3v) is 7.25. The normalized spacial score (nSPS) is 12.8. The highest BCUT2D eigenvalue weighted by atomic mass is 32.2. The SMILES string of the molecule is COc1cc(-c2ccc3c(c2CC(=O)NS(=O)(=O)c2cc(C(=O)N(C)C)n(C)n2)CCC3)ccn1. The number of hydrogen-bond donors (Lipinski definition) is 1. The number of methoxy groups -OCH3 is 1. The van der Waals surface area contributed by atoms with E-state index in [-0.39, 0.29) is 12.1 Å². The van der Waals surface area contributed by atoms with Gasteiger partial charge in [-0.15, -0.1) is 0 Å². The summed E-state index contributed by atoms with van der Waals surface area (Å²) in [5, 5.41) is 3.54. The summed E-state index contributed by atoms with van der Waals surface area (Å²) in [5.41, 5.74) is 4.77. The number of pyridine rings is 1. The monoisotopic (exact) mass is 497 g/mol. The third-order valence-electron chi connectivity index (χ3n) is 6.00. The number of amides is 2. The second-order valence-corrected chi connectivity index (χ2v) is 10.2. The van der Waals surface area contributed by atoms with Gasteiger partial charge in [0.05, 0.1) is 13.5 Å². The van der Waals surface area contributed by atoms with Gasteiger partial charge in [-0.2, -0.15) is 13.5 Å². The number of nitrogens with one attached hydrogen (secondary N) is 1. The second kappa shape index (κ2) is 9.49. The van der Waals surface area contributed by atoms with Crippen LogP contribution in [0.2, 0.25) is 0 Å². The molecule has 11 heteroatoms. The molecule has 0 atom stereocenters. The predicted molar refractivity (Wildman–Crippen MR) is 129 cm³/mol. The van der Waals surface area contributed by atoms with E-state index in [1.165, 1.54) is 23.7 Å². The molecule has 2 amide bonds. The number of aromatic nitrogens is 3. The number of rotatable bonds is 7. The molecule has 10 nitrogen and oxygen atoms in total. The zero-order valence-electron chi connectivity index (χ0n) is 20.0. The number of aryl methyl sites for hydroxylation is 2. The number of benzene rings is 1. The van der Waals surface area contributed by atoms with E-state index < -0.39 is 26.9 Å². The fourth-order valence-corrected chi connectivity index (χ4v) is 5.28. The molecule has 0 unspecified atom stereocenters. The lowest BCUT2D eigenvalue weighted by Gasteiger charge is -2.15. The molecular formula is C24H27N5O5S. The Morgan fingerprint density at radius 3 is 2.66 bits per heavy atom. The van der Waals surface area contributed by atoms with E-state index in [1.54, 1.807) is 26.4 Å². The van der Waals surface area contributed by atoms with E-state index in [0.29, 0.717) is 5.88 Å². The van der Waals surface area contributed by atoms with E-state index in [1.807, 2.05) is 12.1 Å². The lowest BCUT2D eigenvalue weighted by atomic mass is 9.91. The second-order valence-electron chi connectivity index (χ2n) is 8.57. The summed E-state index contributed by atoms with van der Waals surface area (Å²) in [6, 6.07) is 8.78. The van der Waals surface area contributed by atoms with Crippen molar-refractivity contribution in [3.05, 3.63) is 58.9 Å². The van der Waals surface area contributed by atoms with E-state index in [2.05, 4.69) is 20.9 Å². The Labute approximate surface area is 204 Å². The first kappa shape index (κ1) is 24.4. The average Bonchev–Trinajstić information content (AvgIpc) is 3.45. The van der Waals surface area contributed by atoms with Gasteiger partial charge < -0.3 is 9.64 Å². The Morgan fingerprint density at radius 2 is 1.94 bits per heavy atom. The third kappa shape index (κ3) is 4.90. The Morgan fingerprint density at radius 1 is 1.17 bits per heavy atom. The lowest BCUT2D eigenvalue weighted by molar-refractivity contribution is -0.118. The number of nitrogens with zero attached hydrogens (tertiary/aromatic N) is 4. The van der Waals surface area contributed by atoms with Gasteiger partial charge >= 0.3 is 0 Å². The number of ether oxygens (including phenoxy) is 1. The van der Waals surface area contributed by atoms with Gasteiger partial charge in [0, 0.05) is 39.5 Å². The van der Waals surface area contributed by atoms with Crippen LogP contribution in [0.15, 0.2) is 41.6 Å². The molecule has 0 aliphatic heterocycles. The van der Waals surface area contributed by atoms with Crippen molar-refractivity contribution in [3.8, 4) is 17.0 Å². The van der Waals surface area contributed by atoms with Crippen molar-refractivity contribution in [2.75, 3.05) is 21.2 Å². The van der Waals surface area contributed by atoms with Gasteiger partial charge in [-0.1, -0.05) is 12.1 Å². The van der Waals surface area contributed by atoms with Gasteiger partial charge in [-0.3, -0.25) is 14.3 Å². The molecule has 0 fully saturated rings. The summed E-state index contributed by atoms with van der Waals surface area (Å²) < 4.78 is 34.4. The van der Waals surface area contributed by atoms with E-state index >= 15 is 0 Å². The molecule has 4 rings (SSSR count). The highest BCUT2D eigenvalue weighted by Gasteiger charge is 2.27. The zero-order chi connectivity index (χ0) is 25.3. The topological polar surface area (TPSA) is 123 Å². The molecule has 1 aliphatic rings. The van der Waals surface area contributed by atoms with Gasteiger partial charge in [0.2, 0.25) is 11.8 Å². The van der Waals surface area contributed by atoms with Gasteiger partial charge in [-0.05, 0) is 53.1 Å². The van der Waals surface area contributed by atoms with Crippen LogP contribution in [0.4, 0.5) is 0 Å². The molecule has 0 spiro atoms. The van der Waals surface area contributed by atoms with Crippen LogP contribution >= 0.6 is 0 Å². The predicted octanol–water partition coefficient (Wildman–Crippen LogP) is 1.73. The smallest absolute Gasteiger partial charge is 0.283 e. The van der Waals surface area contributed by atoms with Crippen LogP contribution in [-0.4, -0.2) is 61.1 Å². The van der Waals surface area contributed by atoms with Crippen LogP contribution in [0.25, 0.3) is 11.1 Å². The fraction of sp³-hybridized carbons (Fsp3) is 0.333. The van der Waals surface area contributed by atoms with Crippen molar-refractivity contribution in [2.45, 2.75) is 30.7 Å². The van der Waals surface area contributed by atoms with Crippen molar-refractivity contribution >= 4 is 21.8 Å². The highest BCUT2D eigenvalue weighted by Crippen LogP contribution is 2.34. The Bertz CT molecular complexity index is 1410. The lowest BCUT2D eigenvalue weighted by Crippen LogP contribution is -2.32. The van der Waals surface area contributed by atoms with Crippen LogP contribution in [0.5, 0.6) is 5.88 Å². The standard InChI is InChI=1S/C24H27N5O5S/c1-28(2)24(31)20-14-23(26-29(20)3)35(32,33)27-21(30)13-19-17-7-5-6-15(17)8-9-18(19)16-10-11-25-22(12-16)34-4/h8-12,14H,5-7,13H2,1-4H3,(H,27,30). The van der Waals surface area contributed by atoms with E-state index in [0.717, 1.165) is 53.1 Å². The molecular weight excluding hydrogens is 470 g/mol. The minimum atomic E-state index is -4.27. The van der Waals surface area contributed by atoms with Crippen LogP contribution < -0.4 is 9.46 Å². The minimum absolute atomic E-state index is 0.0950. The Balaban J connectivity index is 1.64. The van der Waals surface area contributed by atoms with Gasteiger partial charge in [0.1, 0.15) is 5.69 Å². The molecule has 35 heavy (non-hydrogen) atoms. The summed E-state index contributed by atoms with van der Waals surface area (Å²) in [7, 11) is 1.84. The molecule has 3 aromatic rings. The first-order valence-electron chi connectivity index (χ1n) is 11.1. The van der Waals surface area contributed by atoms with Gasteiger partial charge in [0.25, 0.3) is 15.9 Å². The molecule has 0 saturated carbocycles. The molecule has 2 aromatic heterocycles. The summed E-state index contributed by atoms with van der Waals surface area (Å²) in [6.45, 7) is 0. The summed E-state index contributed by atoms with van der Waals surface area (Å²) in [4.78, 5) is 30.7. The van der Waals surface area contributed by atoms with E-state index in [4.69, 9.17) is 4.74 Å². The average molecular weight is 498 g/mol. The van der Waals surface area contributed by atoms with Crippen molar-refractivity contribution < 1.29 is 22.7 Å². The van der Waals surface area contributed by atoms with E-state index in [9.17, 15) is 18.0 Å². The maximum Gasteiger partial charge on any atom is 0.283 e. The van der Waals surface area contributed by atoms with Crippen molar-refractivity contribution in [1.29, 1.82) is 0 Å². The first-order valence-corrected chi connectivity index (χ1v) is 12.5. The quantitative estimate of drug-likeness (QED) is 0.527. The number of fused-ring (bicyclic) bond motifs is 1. The van der Waals surface area contributed by atoms with Gasteiger partial charge in [-0.25, -0.2) is 9.71 Å². The number of carbonyl (C=O) groups is 2. The molecule has 1 aliphatic carbocycles. The molecule has 0 bridgehead atoms. The largest absolute Gasteiger partial charge is 0.481 e. The molecule has 2 heterocycles. The highest BCUT2D eigenvalue weighted by molar-refractivity contribution is 7.90. The van der Waals surface area contributed by atoms with Crippen LogP contribution in [0.3, 0.4) is 0 Å². The minimum Gasteiger partial charge on any atom is -0.481 e. The fourth-order valence-electron chi connectivity index (χ4n) is 4.30. The Hall–Kier alpha value is -3.73. The molecule has 184 valence electrons. The van der Waals surface area contributed by atoms with Crippen molar-refractivity contribution in [3.63, 3.8) is 0 Å². The Kier molecular flexibility index (Phi) is 6.62. The molecule has 1 N–H and O–H groups in total. The maximum atomic E-state index is 13.0.